The van der Waals surface area contributed by atoms with Gasteiger partial charge in [-0.25, -0.2) is 4.39 Å². The lowest BCUT2D eigenvalue weighted by Gasteiger charge is -2.06. The first kappa shape index (κ1) is 11.2. The first-order valence-corrected chi connectivity index (χ1v) is 4.86. The van der Waals surface area contributed by atoms with E-state index < -0.39 is 0 Å². The number of carbonyl (C=O) groups is 1. The topological polar surface area (TPSA) is 26.3 Å². The maximum absolute atomic E-state index is 13.0. The normalized spacial score (nSPS) is 10.0. The number of rotatable bonds is 2. The van der Waals surface area contributed by atoms with E-state index >= 15 is 0 Å². The average Bonchev–Trinajstić information content (AvgIpc) is 2.19. The molecule has 0 fully saturated rings. The summed E-state index contributed by atoms with van der Waals surface area (Å²) in [5.74, 6) is -0.623. The SMILES string of the molecule is COC(=O)Cc1ccc(F)c(C)c1Br. The minimum atomic E-state index is -0.336. The van der Waals surface area contributed by atoms with Gasteiger partial charge in [0.15, 0.2) is 0 Å². The highest BCUT2D eigenvalue weighted by atomic mass is 79.9. The maximum Gasteiger partial charge on any atom is 0.310 e. The lowest BCUT2D eigenvalue weighted by molar-refractivity contribution is -0.139. The average molecular weight is 261 g/mol. The van der Waals surface area contributed by atoms with E-state index in [0.717, 1.165) is 5.56 Å². The van der Waals surface area contributed by atoms with Gasteiger partial charge in [0.25, 0.3) is 0 Å². The zero-order chi connectivity index (χ0) is 10.7. The monoisotopic (exact) mass is 260 g/mol. The van der Waals surface area contributed by atoms with Crippen LogP contribution in [0.15, 0.2) is 16.6 Å². The Morgan fingerprint density at radius 2 is 2.21 bits per heavy atom. The Bertz CT molecular complexity index is 363. The van der Waals surface area contributed by atoms with Crippen molar-refractivity contribution < 1.29 is 13.9 Å². The molecule has 0 bridgehead atoms. The molecule has 0 amide bonds. The number of methoxy groups -OCH3 is 1. The van der Waals surface area contributed by atoms with Crippen molar-refractivity contribution in [1.29, 1.82) is 0 Å². The van der Waals surface area contributed by atoms with E-state index in [0.29, 0.717) is 10.0 Å². The second-order valence-electron chi connectivity index (χ2n) is 2.90. The molecule has 0 heterocycles. The summed E-state index contributed by atoms with van der Waals surface area (Å²) in [5, 5.41) is 0. The predicted octanol–water partition coefficient (Wildman–Crippen LogP) is 2.61. The Hall–Kier alpha value is -0.900. The molecule has 2 nitrogen and oxygen atoms in total. The Balaban J connectivity index is 3.00. The first-order chi connectivity index (χ1) is 6.56. The van der Waals surface area contributed by atoms with E-state index in [1.165, 1.54) is 13.2 Å². The van der Waals surface area contributed by atoms with E-state index in [9.17, 15) is 9.18 Å². The van der Waals surface area contributed by atoms with Crippen molar-refractivity contribution >= 4 is 21.9 Å². The zero-order valence-electron chi connectivity index (χ0n) is 7.93. The van der Waals surface area contributed by atoms with Crippen molar-refractivity contribution in [2.75, 3.05) is 7.11 Å². The second-order valence-corrected chi connectivity index (χ2v) is 3.69. The van der Waals surface area contributed by atoms with Gasteiger partial charge in [0, 0.05) is 4.47 Å². The molecule has 0 aliphatic rings. The molecule has 1 aromatic carbocycles. The van der Waals surface area contributed by atoms with Crippen LogP contribution in [0, 0.1) is 12.7 Å². The van der Waals surface area contributed by atoms with E-state index in [1.54, 1.807) is 13.0 Å². The summed E-state index contributed by atoms with van der Waals surface area (Å²) in [6.07, 6.45) is 0.151. The van der Waals surface area contributed by atoms with E-state index in [2.05, 4.69) is 20.7 Å². The van der Waals surface area contributed by atoms with E-state index in [-0.39, 0.29) is 18.2 Å². The van der Waals surface area contributed by atoms with E-state index in [4.69, 9.17) is 0 Å². The van der Waals surface area contributed by atoms with Gasteiger partial charge in [0.05, 0.1) is 13.5 Å². The molecule has 0 atom stereocenters. The summed E-state index contributed by atoms with van der Waals surface area (Å²) in [4.78, 5) is 11.0. The van der Waals surface area contributed by atoms with Gasteiger partial charge in [-0.2, -0.15) is 0 Å². The first-order valence-electron chi connectivity index (χ1n) is 4.06. The predicted molar refractivity (Wildman–Crippen MR) is 54.6 cm³/mol. The second kappa shape index (κ2) is 4.55. The summed E-state index contributed by atoms with van der Waals surface area (Å²) in [6, 6.07) is 2.92. The molecule has 0 aromatic heterocycles. The summed E-state index contributed by atoms with van der Waals surface area (Å²) in [6.45, 7) is 1.65. The molecule has 1 aromatic rings. The fourth-order valence-corrected chi connectivity index (χ4v) is 1.54. The molecule has 0 N–H and O–H groups in total. The number of hydrogen-bond acceptors (Lipinski definition) is 2. The summed E-state index contributed by atoms with van der Waals surface area (Å²) in [5.41, 5.74) is 1.24. The van der Waals surface area contributed by atoms with Crippen molar-refractivity contribution in [2.24, 2.45) is 0 Å². The highest BCUT2D eigenvalue weighted by Gasteiger charge is 2.10. The van der Waals surface area contributed by atoms with Crippen LogP contribution in [0.25, 0.3) is 0 Å². The third-order valence-electron chi connectivity index (χ3n) is 1.96. The minimum Gasteiger partial charge on any atom is -0.469 e. The quantitative estimate of drug-likeness (QED) is 0.765. The van der Waals surface area contributed by atoms with Crippen molar-refractivity contribution in [2.45, 2.75) is 13.3 Å². The Kier molecular flexibility index (Phi) is 3.63. The molecule has 0 aliphatic carbocycles. The van der Waals surface area contributed by atoms with Crippen molar-refractivity contribution in [3.63, 3.8) is 0 Å². The minimum absolute atomic E-state index is 0.151. The van der Waals surface area contributed by atoms with Crippen LogP contribution in [0.5, 0.6) is 0 Å². The van der Waals surface area contributed by atoms with Gasteiger partial charge in [0.2, 0.25) is 0 Å². The summed E-state index contributed by atoms with van der Waals surface area (Å²) in [7, 11) is 1.33. The number of benzene rings is 1. The van der Waals surface area contributed by atoms with Crippen LogP contribution < -0.4 is 0 Å². The summed E-state index contributed by atoms with van der Waals surface area (Å²) < 4.78 is 18.2. The van der Waals surface area contributed by atoms with E-state index in [1.807, 2.05) is 0 Å². The maximum atomic E-state index is 13.0. The molecule has 0 saturated heterocycles. The van der Waals surface area contributed by atoms with Crippen molar-refractivity contribution in [1.82, 2.24) is 0 Å². The smallest absolute Gasteiger partial charge is 0.310 e. The fraction of sp³-hybridized carbons (Fsp3) is 0.300. The van der Waals surface area contributed by atoms with Crippen molar-refractivity contribution in [3.05, 3.63) is 33.5 Å². The highest BCUT2D eigenvalue weighted by Crippen LogP contribution is 2.24. The van der Waals surface area contributed by atoms with Crippen LogP contribution in [-0.4, -0.2) is 13.1 Å². The Morgan fingerprint density at radius 3 is 2.79 bits per heavy atom. The molecule has 76 valence electrons. The molecule has 0 saturated carbocycles. The number of ether oxygens (including phenoxy) is 1. The molecule has 4 heteroatoms. The van der Waals surface area contributed by atoms with Crippen molar-refractivity contribution in [3.8, 4) is 0 Å². The molecule has 0 unspecified atom stereocenters. The van der Waals surface area contributed by atoms with Crippen LogP contribution in [0.3, 0.4) is 0 Å². The standard InChI is InChI=1S/C10H10BrFO2/c1-6-8(12)4-3-7(10(6)11)5-9(13)14-2/h3-4H,5H2,1-2H3. The third-order valence-corrected chi connectivity index (χ3v) is 3.07. The molecular weight excluding hydrogens is 251 g/mol. The lowest BCUT2D eigenvalue weighted by atomic mass is 10.1. The van der Waals surface area contributed by atoms with Crippen LogP contribution >= 0.6 is 15.9 Å². The highest BCUT2D eigenvalue weighted by molar-refractivity contribution is 9.10. The van der Waals surface area contributed by atoms with Gasteiger partial charge in [-0.3, -0.25) is 4.79 Å². The number of carbonyl (C=O) groups excluding carboxylic acids is 1. The van der Waals surface area contributed by atoms with Crippen LogP contribution in [-0.2, 0) is 16.0 Å². The Labute approximate surface area is 90.2 Å². The number of halogens is 2. The fourth-order valence-electron chi connectivity index (χ4n) is 1.08. The van der Waals surface area contributed by atoms with Gasteiger partial charge in [-0.15, -0.1) is 0 Å². The molecule has 0 spiro atoms. The van der Waals surface area contributed by atoms with Gasteiger partial charge < -0.3 is 4.74 Å². The van der Waals surface area contributed by atoms with Gasteiger partial charge >= 0.3 is 5.97 Å². The number of esters is 1. The molecule has 0 radical (unpaired) electrons. The molecule has 0 aliphatic heterocycles. The Morgan fingerprint density at radius 1 is 1.57 bits per heavy atom. The summed E-state index contributed by atoms with van der Waals surface area (Å²) >= 11 is 3.24. The molecular formula is C10H10BrFO2. The zero-order valence-corrected chi connectivity index (χ0v) is 9.52. The van der Waals surface area contributed by atoms with Gasteiger partial charge in [0.1, 0.15) is 5.82 Å². The van der Waals surface area contributed by atoms with Crippen LogP contribution in [0.4, 0.5) is 4.39 Å². The van der Waals surface area contributed by atoms with Gasteiger partial charge in [-0.05, 0) is 24.1 Å². The van der Waals surface area contributed by atoms with Crippen LogP contribution in [0.2, 0.25) is 0 Å². The van der Waals surface area contributed by atoms with Gasteiger partial charge in [-0.1, -0.05) is 22.0 Å². The molecule has 1 rings (SSSR count). The largest absolute Gasteiger partial charge is 0.469 e. The third kappa shape index (κ3) is 2.32. The number of hydrogen-bond donors (Lipinski definition) is 0. The molecule has 14 heavy (non-hydrogen) atoms. The lowest BCUT2D eigenvalue weighted by Crippen LogP contribution is -2.05. The van der Waals surface area contributed by atoms with Crippen LogP contribution in [0.1, 0.15) is 11.1 Å².